The van der Waals surface area contributed by atoms with E-state index in [1.54, 1.807) is 24.5 Å². The lowest BCUT2D eigenvalue weighted by atomic mass is 10.1. The highest BCUT2D eigenvalue weighted by atomic mass is 35.5. The van der Waals surface area contributed by atoms with Crippen LogP contribution in [0.15, 0.2) is 30.6 Å². The molecule has 2 aromatic heterocycles. The molecule has 0 amide bonds. The van der Waals surface area contributed by atoms with E-state index in [2.05, 4.69) is 4.98 Å². The molecule has 0 aliphatic carbocycles. The molecule has 4 heteroatoms. The number of aryl methyl sites for hydroxylation is 2. The molecule has 0 aliphatic rings. The molecular formula is C13H15ClN2O. The second-order valence-corrected chi connectivity index (χ2v) is 3.95. The summed E-state index contributed by atoms with van der Waals surface area (Å²) in [7, 11) is 1.91. The van der Waals surface area contributed by atoms with Crippen molar-refractivity contribution in [2.24, 2.45) is 7.05 Å². The maximum Gasteiger partial charge on any atom is 0.211 e. The van der Waals surface area contributed by atoms with E-state index in [0.717, 1.165) is 17.0 Å². The summed E-state index contributed by atoms with van der Waals surface area (Å²) >= 11 is 0. The third-order valence-corrected chi connectivity index (χ3v) is 2.80. The first-order chi connectivity index (χ1) is 7.61. The van der Waals surface area contributed by atoms with Crippen LogP contribution in [0.2, 0.25) is 0 Å². The van der Waals surface area contributed by atoms with Gasteiger partial charge in [-0.25, -0.2) is 0 Å². The molecule has 0 saturated carbocycles. The zero-order chi connectivity index (χ0) is 11.7. The number of ketones is 1. The average molecular weight is 251 g/mol. The number of halogens is 1. The Morgan fingerprint density at radius 1 is 1.35 bits per heavy atom. The van der Waals surface area contributed by atoms with Crippen LogP contribution in [0.5, 0.6) is 0 Å². The Kier molecular flexibility index (Phi) is 4.07. The van der Waals surface area contributed by atoms with E-state index in [0.29, 0.717) is 5.56 Å². The maximum absolute atomic E-state index is 12.2. The molecular weight excluding hydrogens is 236 g/mol. The van der Waals surface area contributed by atoms with Gasteiger partial charge in [0.15, 0.2) is 0 Å². The number of pyridine rings is 1. The lowest BCUT2D eigenvalue weighted by Gasteiger charge is -2.05. The minimum Gasteiger partial charge on any atom is -0.345 e. The fraction of sp³-hybridized carbons (Fsp3) is 0.231. The van der Waals surface area contributed by atoms with Crippen LogP contribution in [0.25, 0.3) is 0 Å². The molecule has 0 fully saturated rings. The van der Waals surface area contributed by atoms with Crippen LogP contribution in [0.3, 0.4) is 0 Å². The summed E-state index contributed by atoms with van der Waals surface area (Å²) in [6.07, 6.45) is 3.27. The number of rotatable bonds is 2. The van der Waals surface area contributed by atoms with Crippen molar-refractivity contribution in [3.05, 3.63) is 53.1 Å². The van der Waals surface area contributed by atoms with E-state index in [1.807, 2.05) is 31.5 Å². The number of hydrogen-bond donors (Lipinski definition) is 0. The lowest BCUT2D eigenvalue weighted by Crippen LogP contribution is -2.09. The molecule has 0 bridgehead atoms. The van der Waals surface area contributed by atoms with Crippen molar-refractivity contribution in [2.75, 3.05) is 0 Å². The monoisotopic (exact) mass is 250 g/mol. The Balaban J connectivity index is 0.00000144. The Morgan fingerprint density at radius 2 is 2.06 bits per heavy atom. The molecule has 2 rings (SSSR count). The van der Waals surface area contributed by atoms with Crippen molar-refractivity contribution >= 4 is 18.2 Å². The Bertz CT molecular complexity index is 532. The first-order valence-electron chi connectivity index (χ1n) is 5.19. The van der Waals surface area contributed by atoms with Crippen LogP contribution in [0.4, 0.5) is 0 Å². The van der Waals surface area contributed by atoms with Crippen molar-refractivity contribution in [2.45, 2.75) is 13.8 Å². The molecule has 2 heterocycles. The van der Waals surface area contributed by atoms with Gasteiger partial charge in [0.05, 0.1) is 5.69 Å². The molecule has 90 valence electrons. The molecule has 0 aromatic carbocycles. The van der Waals surface area contributed by atoms with E-state index in [4.69, 9.17) is 0 Å². The van der Waals surface area contributed by atoms with Gasteiger partial charge in [0.2, 0.25) is 5.78 Å². The fourth-order valence-corrected chi connectivity index (χ4v) is 1.88. The van der Waals surface area contributed by atoms with Gasteiger partial charge in [-0.15, -0.1) is 12.4 Å². The maximum atomic E-state index is 12.2. The quantitative estimate of drug-likeness (QED) is 0.768. The highest BCUT2D eigenvalue weighted by Gasteiger charge is 2.16. The van der Waals surface area contributed by atoms with Gasteiger partial charge in [-0.2, -0.15) is 0 Å². The van der Waals surface area contributed by atoms with Crippen molar-refractivity contribution in [3.63, 3.8) is 0 Å². The van der Waals surface area contributed by atoms with Gasteiger partial charge >= 0.3 is 0 Å². The second kappa shape index (κ2) is 5.15. The van der Waals surface area contributed by atoms with Gasteiger partial charge in [-0.05, 0) is 37.6 Å². The highest BCUT2D eigenvalue weighted by molar-refractivity contribution is 6.08. The van der Waals surface area contributed by atoms with Crippen molar-refractivity contribution < 1.29 is 4.79 Å². The van der Waals surface area contributed by atoms with E-state index in [9.17, 15) is 4.79 Å². The molecule has 0 saturated heterocycles. The van der Waals surface area contributed by atoms with Gasteiger partial charge in [0.25, 0.3) is 0 Å². The molecule has 0 aliphatic heterocycles. The fourth-order valence-electron chi connectivity index (χ4n) is 1.88. The standard InChI is InChI=1S/C13H14N2O.ClH/c1-9-7-10(2)15(3)12(9)13(16)11-5-4-6-14-8-11;/h4-8H,1-3H3;1H. The zero-order valence-electron chi connectivity index (χ0n) is 10.1. The number of hydrogen-bond acceptors (Lipinski definition) is 2. The third kappa shape index (κ3) is 2.39. The van der Waals surface area contributed by atoms with Crippen molar-refractivity contribution in [1.29, 1.82) is 0 Å². The van der Waals surface area contributed by atoms with Crippen LogP contribution in [0, 0.1) is 13.8 Å². The molecule has 0 unspecified atom stereocenters. The topological polar surface area (TPSA) is 34.9 Å². The van der Waals surface area contributed by atoms with E-state index in [-0.39, 0.29) is 18.2 Å². The first-order valence-corrected chi connectivity index (χ1v) is 5.19. The zero-order valence-corrected chi connectivity index (χ0v) is 10.9. The highest BCUT2D eigenvalue weighted by Crippen LogP contribution is 2.16. The second-order valence-electron chi connectivity index (χ2n) is 3.95. The van der Waals surface area contributed by atoms with Gasteiger partial charge in [-0.3, -0.25) is 9.78 Å². The van der Waals surface area contributed by atoms with Gasteiger partial charge in [-0.1, -0.05) is 0 Å². The van der Waals surface area contributed by atoms with E-state index >= 15 is 0 Å². The van der Waals surface area contributed by atoms with E-state index in [1.165, 1.54) is 0 Å². The predicted molar refractivity (Wildman–Crippen MR) is 69.8 cm³/mol. The van der Waals surface area contributed by atoms with Crippen LogP contribution in [0.1, 0.15) is 27.3 Å². The smallest absolute Gasteiger partial charge is 0.211 e. The molecule has 0 radical (unpaired) electrons. The number of carbonyl (C=O) groups excluding carboxylic acids is 1. The Hall–Kier alpha value is -1.61. The number of carbonyl (C=O) groups is 1. The predicted octanol–water partition coefficient (Wildman–Crippen LogP) is 2.69. The van der Waals surface area contributed by atoms with Crippen molar-refractivity contribution in [1.82, 2.24) is 9.55 Å². The van der Waals surface area contributed by atoms with Crippen LogP contribution in [-0.4, -0.2) is 15.3 Å². The van der Waals surface area contributed by atoms with Crippen LogP contribution < -0.4 is 0 Å². The summed E-state index contributed by atoms with van der Waals surface area (Å²) in [6, 6.07) is 5.58. The van der Waals surface area contributed by atoms with Crippen LogP contribution in [-0.2, 0) is 7.05 Å². The summed E-state index contributed by atoms with van der Waals surface area (Å²) in [5, 5.41) is 0. The largest absolute Gasteiger partial charge is 0.345 e. The minimum absolute atomic E-state index is 0. The molecule has 17 heavy (non-hydrogen) atoms. The SMILES string of the molecule is Cc1cc(C)n(C)c1C(=O)c1cccnc1.Cl. The molecule has 0 N–H and O–H groups in total. The third-order valence-electron chi connectivity index (χ3n) is 2.80. The lowest BCUT2D eigenvalue weighted by molar-refractivity contribution is 0.103. The van der Waals surface area contributed by atoms with Gasteiger partial charge < -0.3 is 4.57 Å². The molecule has 3 nitrogen and oxygen atoms in total. The summed E-state index contributed by atoms with van der Waals surface area (Å²) in [6.45, 7) is 3.95. The molecule has 0 atom stereocenters. The summed E-state index contributed by atoms with van der Waals surface area (Å²) in [5.41, 5.74) is 3.47. The van der Waals surface area contributed by atoms with Gasteiger partial charge in [0, 0.05) is 30.7 Å². The number of nitrogens with zero attached hydrogens (tertiary/aromatic N) is 2. The molecule has 2 aromatic rings. The van der Waals surface area contributed by atoms with Crippen LogP contribution >= 0.6 is 12.4 Å². The Morgan fingerprint density at radius 3 is 2.53 bits per heavy atom. The summed E-state index contributed by atoms with van der Waals surface area (Å²) < 4.78 is 1.92. The number of aromatic nitrogens is 2. The minimum atomic E-state index is 0. The normalized spacial score (nSPS) is 9.82. The van der Waals surface area contributed by atoms with Crippen molar-refractivity contribution in [3.8, 4) is 0 Å². The Labute approximate surface area is 107 Å². The summed E-state index contributed by atoms with van der Waals surface area (Å²) in [4.78, 5) is 16.2. The average Bonchev–Trinajstić information content (AvgIpc) is 2.54. The first kappa shape index (κ1) is 13.5. The summed E-state index contributed by atoms with van der Waals surface area (Å²) in [5.74, 6) is 0.0289. The van der Waals surface area contributed by atoms with Gasteiger partial charge in [0.1, 0.15) is 0 Å². The molecule has 0 spiro atoms. The van der Waals surface area contributed by atoms with E-state index < -0.39 is 0 Å².